The van der Waals surface area contributed by atoms with Gasteiger partial charge in [-0.3, -0.25) is 14.2 Å². The quantitative estimate of drug-likeness (QED) is 0.463. The van der Waals surface area contributed by atoms with Crippen LogP contribution in [0.15, 0.2) is 46.3 Å². The minimum Gasteiger partial charge on any atom is -0.325 e. The molecule has 0 radical (unpaired) electrons. The lowest BCUT2D eigenvalue weighted by Gasteiger charge is -2.13. The van der Waals surface area contributed by atoms with E-state index in [1.54, 1.807) is 22.8 Å². The topological polar surface area (TPSA) is 64.0 Å². The summed E-state index contributed by atoms with van der Waals surface area (Å²) in [7, 11) is 0. The molecule has 0 unspecified atom stereocenters. The summed E-state index contributed by atoms with van der Waals surface area (Å²) in [5, 5.41) is 4.52. The van der Waals surface area contributed by atoms with Crippen molar-refractivity contribution >= 4 is 45.9 Å². The monoisotopic (exact) mass is 415 g/mol. The Balaban J connectivity index is 1.84. The van der Waals surface area contributed by atoms with Crippen LogP contribution in [0.4, 0.5) is 5.69 Å². The van der Waals surface area contributed by atoms with Crippen LogP contribution in [0.1, 0.15) is 24.5 Å². The average Bonchev–Trinajstić information content (AvgIpc) is 2.65. The van der Waals surface area contributed by atoms with E-state index in [0.29, 0.717) is 27.6 Å². The first-order valence-electron chi connectivity index (χ1n) is 9.09. The van der Waals surface area contributed by atoms with E-state index in [-0.39, 0.29) is 17.2 Å². The third kappa shape index (κ3) is 4.56. The van der Waals surface area contributed by atoms with Crippen LogP contribution in [0.5, 0.6) is 0 Å². The molecule has 0 spiro atoms. The molecule has 0 fully saturated rings. The standard InChI is InChI=1S/C21H22ClN3O2S/c1-4-9-25-20(27)16-8-7-15(22)11-18(16)24-21(25)28-12-19(26)23-17-10-13(2)5-6-14(17)3/h5-8,10-11H,4,9,12H2,1-3H3,(H,23,26). The molecule has 0 saturated carbocycles. The van der Waals surface area contributed by atoms with Crippen LogP contribution in [0.2, 0.25) is 5.02 Å². The second-order valence-electron chi connectivity index (χ2n) is 6.67. The van der Waals surface area contributed by atoms with Gasteiger partial charge in [0, 0.05) is 17.3 Å². The summed E-state index contributed by atoms with van der Waals surface area (Å²) < 4.78 is 1.63. The Hall–Kier alpha value is -2.31. The molecule has 3 rings (SSSR count). The van der Waals surface area contributed by atoms with E-state index in [2.05, 4.69) is 10.3 Å². The van der Waals surface area contributed by atoms with E-state index in [0.717, 1.165) is 23.2 Å². The van der Waals surface area contributed by atoms with Gasteiger partial charge >= 0.3 is 0 Å². The molecule has 0 atom stereocenters. The molecule has 0 aliphatic heterocycles. The van der Waals surface area contributed by atoms with Crippen molar-refractivity contribution in [2.45, 2.75) is 38.9 Å². The van der Waals surface area contributed by atoms with E-state index in [4.69, 9.17) is 11.6 Å². The highest BCUT2D eigenvalue weighted by Crippen LogP contribution is 2.22. The van der Waals surface area contributed by atoms with Crippen molar-refractivity contribution in [2.75, 3.05) is 11.1 Å². The molecule has 1 N–H and O–H groups in total. The van der Waals surface area contributed by atoms with Crippen molar-refractivity contribution in [3.8, 4) is 0 Å². The minimum atomic E-state index is -0.137. The molecule has 0 bridgehead atoms. The van der Waals surface area contributed by atoms with Crippen LogP contribution < -0.4 is 10.9 Å². The van der Waals surface area contributed by atoms with Crippen molar-refractivity contribution in [1.82, 2.24) is 9.55 Å². The maximum atomic E-state index is 12.8. The first-order valence-corrected chi connectivity index (χ1v) is 10.5. The molecular formula is C21H22ClN3O2S. The molecular weight excluding hydrogens is 394 g/mol. The van der Waals surface area contributed by atoms with Gasteiger partial charge in [-0.05, 0) is 55.7 Å². The van der Waals surface area contributed by atoms with Gasteiger partial charge in [0.05, 0.1) is 16.7 Å². The van der Waals surface area contributed by atoms with Crippen molar-refractivity contribution < 1.29 is 4.79 Å². The zero-order valence-corrected chi connectivity index (χ0v) is 17.7. The number of aromatic nitrogens is 2. The van der Waals surface area contributed by atoms with Gasteiger partial charge in [-0.25, -0.2) is 4.98 Å². The Kier molecular flexibility index (Phi) is 6.42. The first kappa shape index (κ1) is 20.4. The fourth-order valence-corrected chi connectivity index (χ4v) is 3.88. The number of carbonyl (C=O) groups excluding carboxylic acids is 1. The number of hydrogen-bond acceptors (Lipinski definition) is 4. The zero-order chi connectivity index (χ0) is 20.3. The van der Waals surface area contributed by atoms with Gasteiger partial charge in [0.25, 0.3) is 5.56 Å². The Labute approximate surface area is 173 Å². The Bertz CT molecular complexity index is 1090. The third-order valence-electron chi connectivity index (χ3n) is 4.33. The molecule has 1 amide bonds. The molecule has 28 heavy (non-hydrogen) atoms. The fraction of sp³-hybridized carbons (Fsp3) is 0.286. The largest absolute Gasteiger partial charge is 0.325 e. The summed E-state index contributed by atoms with van der Waals surface area (Å²) in [6.07, 6.45) is 0.795. The van der Waals surface area contributed by atoms with Crippen LogP contribution in [0, 0.1) is 13.8 Å². The number of aryl methyl sites for hydroxylation is 2. The van der Waals surface area contributed by atoms with E-state index in [1.807, 2.05) is 39.0 Å². The van der Waals surface area contributed by atoms with E-state index in [1.165, 1.54) is 11.8 Å². The molecule has 0 saturated heterocycles. The fourth-order valence-electron chi connectivity index (χ4n) is 2.89. The Morgan fingerprint density at radius 2 is 2.00 bits per heavy atom. The van der Waals surface area contributed by atoms with Gasteiger partial charge in [0.2, 0.25) is 5.91 Å². The normalized spacial score (nSPS) is 11.0. The molecule has 0 aliphatic rings. The highest BCUT2D eigenvalue weighted by atomic mass is 35.5. The number of nitrogens with one attached hydrogen (secondary N) is 1. The van der Waals surface area contributed by atoms with E-state index < -0.39 is 0 Å². The molecule has 0 aliphatic carbocycles. The number of fused-ring (bicyclic) bond motifs is 1. The van der Waals surface area contributed by atoms with Crippen LogP contribution in [0.3, 0.4) is 0 Å². The Morgan fingerprint density at radius 1 is 1.21 bits per heavy atom. The molecule has 1 aromatic heterocycles. The smallest absolute Gasteiger partial charge is 0.262 e. The molecule has 3 aromatic rings. The lowest BCUT2D eigenvalue weighted by atomic mass is 10.1. The van der Waals surface area contributed by atoms with Gasteiger partial charge in [0.1, 0.15) is 0 Å². The highest BCUT2D eigenvalue weighted by molar-refractivity contribution is 7.99. The molecule has 7 heteroatoms. The summed E-state index contributed by atoms with van der Waals surface area (Å²) in [6.45, 7) is 6.48. The summed E-state index contributed by atoms with van der Waals surface area (Å²) in [5.74, 6) is 0.0254. The summed E-state index contributed by atoms with van der Waals surface area (Å²) in [4.78, 5) is 29.9. The number of anilines is 1. The average molecular weight is 416 g/mol. The number of thioether (sulfide) groups is 1. The highest BCUT2D eigenvalue weighted by Gasteiger charge is 2.14. The number of amides is 1. The van der Waals surface area contributed by atoms with Crippen molar-refractivity contribution in [3.05, 3.63) is 62.9 Å². The minimum absolute atomic E-state index is 0.110. The van der Waals surface area contributed by atoms with Gasteiger partial charge in [-0.2, -0.15) is 0 Å². The number of carbonyl (C=O) groups is 1. The number of hydrogen-bond donors (Lipinski definition) is 1. The second kappa shape index (κ2) is 8.80. The number of halogens is 1. The van der Waals surface area contributed by atoms with Crippen molar-refractivity contribution in [2.24, 2.45) is 0 Å². The molecule has 2 aromatic carbocycles. The summed E-state index contributed by atoms with van der Waals surface area (Å²) in [6, 6.07) is 11.0. The molecule has 146 valence electrons. The second-order valence-corrected chi connectivity index (χ2v) is 8.05. The Morgan fingerprint density at radius 3 is 2.75 bits per heavy atom. The van der Waals surface area contributed by atoms with Crippen molar-refractivity contribution in [3.63, 3.8) is 0 Å². The number of nitrogens with zero attached hydrogens (tertiary/aromatic N) is 2. The number of rotatable bonds is 6. The summed E-state index contributed by atoms with van der Waals surface area (Å²) >= 11 is 7.31. The third-order valence-corrected chi connectivity index (χ3v) is 5.54. The summed E-state index contributed by atoms with van der Waals surface area (Å²) in [5.41, 5.74) is 3.32. The van der Waals surface area contributed by atoms with Crippen LogP contribution in [-0.2, 0) is 11.3 Å². The SMILES string of the molecule is CCCn1c(SCC(=O)Nc2cc(C)ccc2C)nc2cc(Cl)ccc2c1=O. The predicted octanol–water partition coefficient (Wildman–Crippen LogP) is 4.81. The van der Waals surface area contributed by atoms with Crippen LogP contribution in [0.25, 0.3) is 10.9 Å². The predicted molar refractivity (Wildman–Crippen MR) is 117 cm³/mol. The van der Waals surface area contributed by atoms with E-state index in [9.17, 15) is 9.59 Å². The van der Waals surface area contributed by atoms with Crippen LogP contribution >= 0.6 is 23.4 Å². The van der Waals surface area contributed by atoms with Crippen molar-refractivity contribution in [1.29, 1.82) is 0 Å². The van der Waals surface area contributed by atoms with Gasteiger partial charge < -0.3 is 5.32 Å². The van der Waals surface area contributed by atoms with E-state index >= 15 is 0 Å². The van der Waals surface area contributed by atoms with Gasteiger partial charge in [-0.15, -0.1) is 0 Å². The first-order chi connectivity index (χ1) is 13.4. The van der Waals surface area contributed by atoms with Gasteiger partial charge in [0.15, 0.2) is 5.16 Å². The molecule has 1 heterocycles. The maximum absolute atomic E-state index is 12.8. The van der Waals surface area contributed by atoms with Crippen LogP contribution in [-0.4, -0.2) is 21.2 Å². The zero-order valence-electron chi connectivity index (χ0n) is 16.1. The van der Waals surface area contributed by atoms with Gasteiger partial charge in [-0.1, -0.05) is 42.4 Å². The maximum Gasteiger partial charge on any atom is 0.262 e. The number of benzene rings is 2. The molecule has 5 nitrogen and oxygen atoms in total. The lowest BCUT2D eigenvalue weighted by Crippen LogP contribution is -2.24. The lowest BCUT2D eigenvalue weighted by molar-refractivity contribution is -0.113.